The summed E-state index contributed by atoms with van der Waals surface area (Å²) in [6.07, 6.45) is -4.47. The van der Waals surface area contributed by atoms with Crippen LogP contribution < -0.4 is 24.8 Å². The van der Waals surface area contributed by atoms with E-state index in [0.717, 1.165) is 11.1 Å². The van der Waals surface area contributed by atoms with E-state index in [2.05, 4.69) is 5.32 Å². The van der Waals surface area contributed by atoms with E-state index in [1.165, 1.54) is 33.5 Å². The molecule has 0 saturated carbocycles. The number of alkyl halides is 3. The average Bonchev–Trinajstić information content (AvgIpc) is 2.80. The number of carbonyl (C=O) groups is 2. The first-order valence-electron chi connectivity index (χ1n) is 10.2. The van der Waals surface area contributed by atoms with Crippen molar-refractivity contribution in [3.63, 3.8) is 0 Å². The summed E-state index contributed by atoms with van der Waals surface area (Å²) in [5.74, 6) is 0.420. The van der Waals surface area contributed by atoms with Gasteiger partial charge < -0.3 is 24.8 Å². The van der Waals surface area contributed by atoms with Gasteiger partial charge in [0.15, 0.2) is 11.5 Å². The Morgan fingerprint density at radius 2 is 1.50 bits per heavy atom. The molecule has 8 nitrogen and oxygen atoms in total. The topological polar surface area (TPSA) is 89.1 Å². The van der Waals surface area contributed by atoms with Gasteiger partial charge in [0.25, 0.3) is 5.91 Å². The average molecular weight is 483 g/mol. The van der Waals surface area contributed by atoms with Crippen LogP contribution >= 0.6 is 0 Å². The van der Waals surface area contributed by atoms with Crippen LogP contribution in [0, 0.1) is 0 Å². The highest BCUT2D eigenvalue weighted by molar-refractivity contribution is 5.94. The zero-order valence-electron chi connectivity index (χ0n) is 19.4. The molecule has 2 aromatic carbocycles. The van der Waals surface area contributed by atoms with E-state index in [1.54, 1.807) is 36.2 Å². The van der Waals surface area contributed by atoms with Gasteiger partial charge in [0.1, 0.15) is 6.54 Å². The number of rotatable bonds is 11. The Bertz CT molecular complexity index is 956. The molecule has 2 N–H and O–H groups in total. The standard InChI is InChI=1S/C23H28F3N3O5/c1-29(12-15-5-7-17(8-6-15)22(31)28-14-23(24,25)26)13-20(30)27-11-16-9-18(32-2)21(34-4)19(10-16)33-3/h5-10H,11-14H2,1-4H3,(H,27,30)(H,28,31). The molecule has 0 bridgehead atoms. The minimum absolute atomic E-state index is 0.109. The maximum Gasteiger partial charge on any atom is 0.405 e. The molecule has 0 aliphatic rings. The first-order valence-corrected chi connectivity index (χ1v) is 10.2. The van der Waals surface area contributed by atoms with Gasteiger partial charge in [-0.2, -0.15) is 13.2 Å². The maximum atomic E-state index is 12.4. The number of amides is 2. The summed E-state index contributed by atoms with van der Waals surface area (Å²) >= 11 is 0. The van der Waals surface area contributed by atoms with Crippen LogP contribution in [0.25, 0.3) is 0 Å². The Balaban J connectivity index is 1.87. The van der Waals surface area contributed by atoms with Gasteiger partial charge in [-0.1, -0.05) is 12.1 Å². The third-order valence-corrected chi connectivity index (χ3v) is 4.75. The molecule has 0 heterocycles. The molecule has 0 fully saturated rings. The normalized spacial score (nSPS) is 11.2. The van der Waals surface area contributed by atoms with Gasteiger partial charge in [-0.3, -0.25) is 14.5 Å². The molecule has 2 aromatic rings. The molecule has 0 aliphatic carbocycles. The molecule has 0 saturated heterocycles. The molecule has 0 unspecified atom stereocenters. The molecule has 0 spiro atoms. The number of likely N-dealkylation sites (N-methyl/N-ethyl adjacent to an activating group) is 1. The Labute approximate surface area is 196 Å². The van der Waals surface area contributed by atoms with E-state index in [1.807, 2.05) is 5.32 Å². The molecular weight excluding hydrogens is 455 g/mol. The molecule has 0 radical (unpaired) electrons. The highest BCUT2D eigenvalue weighted by Crippen LogP contribution is 2.38. The number of carbonyl (C=O) groups excluding carboxylic acids is 2. The number of nitrogens with one attached hydrogen (secondary N) is 2. The number of ether oxygens (including phenoxy) is 3. The summed E-state index contributed by atoms with van der Waals surface area (Å²) in [6.45, 7) is -0.618. The van der Waals surface area contributed by atoms with Crippen LogP contribution in [0.3, 0.4) is 0 Å². The van der Waals surface area contributed by atoms with Gasteiger partial charge in [-0.25, -0.2) is 0 Å². The molecule has 0 aromatic heterocycles. The second kappa shape index (κ2) is 12.1. The largest absolute Gasteiger partial charge is 0.493 e. The van der Waals surface area contributed by atoms with Crippen LogP contribution in [-0.4, -0.2) is 64.4 Å². The third kappa shape index (κ3) is 8.14. The number of halogens is 3. The van der Waals surface area contributed by atoms with Gasteiger partial charge >= 0.3 is 6.18 Å². The van der Waals surface area contributed by atoms with E-state index in [-0.39, 0.29) is 24.6 Å². The molecule has 34 heavy (non-hydrogen) atoms. The lowest BCUT2D eigenvalue weighted by Crippen LogP contribution is -2.34. The summed E-state index contributed by atoms with van der Waals surface area (Å²) in [4.78, 5) is 25.9. The van der Waals surface area contributed by atoms with Gasteiger partial charge in [0.2, 0.25) is 11.7 Å². The predicted molar refractivity (Wildman–Crippen MR) is 119 cm³/mol. The van der Waals surface area contributed by atoms with Crippen LogP contribution in [0.5, 0.6) is 17.2 Å². The SMILES string of the molecule is COc1cc(CNC(=O)CN(C)Cc2ccc(C(=O)NCC(F)(F)F)cc2)cc(OC)c1OC. The van der Waals surface area contributed by atoms with Crippen molar-refractivity contribution in [2.24, 2.45) is 0 Å². The van der Waals surface area contributed by atoms with Crippen LogP contribution in [0.4, 0.5) is 13.2 Å². The van der Waals surface area contributed by atoms with Gasteiger partial charge in [-0.05, 0) is 42.4 Å². The van der Waals surface area contributed by atoms with Crippen LogP contribution in [0.1, 0.15) is 21.5 Å². The second-order valence-corrected chi connectivity index (χ2v) is 7.48. The molecule has 186 valence electrons. The second-order valence-electron chi connectivity index (χ2n) is 7.48. The molecular formula is C23H28F3N3O5. The quantitative estimate of drug-likeness (QED) is 0.511. The van der Waals surface area contributed by atoms with Crippen molar-refractivity contribution < 1.29 is 37.0 Å². The van der Waals surface area contributed by atoms with Crippen molar-refractivity contribution in [3.05, 3.63) is 53.1 Å². The molecule has 0 atom stereocenters. The number of hydrogen-bond donors (Lipinski definition) is 2. The van der Waals surface area contributed by atoms with Gasteiger partial charge in [0, 0.05) is 18.7 Å². The monoisotopic (exact) mass is 483 g/mol. The number of hydrogen-bond acceptors (Lipinski definition) is 6. The smallest absolute Gasteiger partial charge is 0.405 e. The molecule has 2 rings (SSSR count). The highest BCUT2D eigenvalue weighted by atomic mass is 19.4. The Morgan fingerprint density at radius 1 is 0.912 bits per heavy atom. The van der Waals surface area contributed by atoms with Crippen LogP contribution in [0.15, 0.2) is 36.4 Å². The highest BCUT2D eigenvalue weighted by Gasteiger charge is 2.27. The summed E-state index contributed by atoms with van der Waals surface area (Å²) in [5.41, 5.74) is 1.69. The lowest BCUT2D eigenvalue weighted by Gasteiger charge is -2.17. The van der Waals surface area contributed by atoms with E-state index in [4.69, 9.17) is 14.2 Å². The fourth-order valence-corrected chi connectivity index (χ4v) is 3.15. The zero-order valence-corrected chi connectivity index (χ0v) is 19.4. The van der Waals surface area contributed by atoms with Gasteiger partial charge in [-0.15, -0.1) is 0 Å². The Morgan fingerprint density at radius 3 is 2.00 bits per heavy atom. The first kappa shape index (κ1) is 26.8. The number of nitrogens with zero attached hydrogens (tertiary/aromatic N) is 1. The van der Waals surface area contributed by atoms with Crippen molar-refractivity contribution >= 4 is 11.8 Å². The Kier molecular flexibility index (Phi) is 9.55. The lowest BCUT2D eigenvalue weighted by atomic mass is 10.1. The summed E-state index contributed by atoms with van der Waals surface area (Å²) in [5, 5.41) is 4.65. The number of methoxy groups -OCH3 is 3. The van der Waals surface area contributed by atoms with Crippen molar-refractivity contribution in [3.8, 4) is 17.2 Å². The van der Waals surface area contributed by atoms with Crippen LogP contribution in [-0.2, 0) is 17.9 Å². The predicted octanol–water partition coefficient (Wildman–Crippen LogP) is 2.75. The maximum absolute atomic E-state index is 12.4. The van der Waals surface area contributed by atoms with Gasteiger partial charge in [0.05, 0.1) is 27.9 Å². The summed E-state index contributed by atoms with van der Waals surface area (Å²) in [7, 11) is 6.28. The van der Waals surface area contributed by atoms with Crippen molar-refractivity contribution in [2.75, 3.05) is 41.5 Å². The minimum Gasteiger partial charge on any atom is -0.493 e. The molecule has 0 aliphatic heterocycles. The number of benzene rings is 2. The first-order chi connectivity index (χ1) is 16.1. The van der Waals surface area contributed by atoms with Crippen molar-refractivity contribution in [2.45, 2.75) is 19.3 Å². The lowest BCUT2D eigenvalue weighted by molar-refractivity contribution is -0.123. The summed E-state index contributed by atoms with van der Waals surface area (Å²) < 4.78 is 52.6. The third-order valence-electron chi connectivity index (χ3n) is 4.75. The Hall–Kier alpha value is -3.47. The fraction of sp³-hybridized carbons (Fsp3) is 0.391. The van der Waals surface area contributed by atoms with Crippen molar-refractivity contribution in [1.82, 2.24) is 15.5 Å². The van der Waals surface area contributed by atoms with E-state index < -0.39 is 18.6 Å². The zero-order chi connectivity index (χ0) is 25.3. The van der Waals surface area contributed by atoms with Crippen LogP contribution in [0.2, 0.25) is 0 Å². The van der Waals surface area contributed by atoms with Crippen molar-refractivity contribution in [1.29, 1.82) is 0 Å². The fourth-order valence-electron chi connectivity index (χ4n) is 3.15. The van der Waals surface area contributed by atoms with E-state index in [9.17, 15) is 22.8 Å². The summed E-state index contributed by atoms with van der Waals surface area (Å²) in [6, 6.07) is 9.65. The molecule has 11 heteroatoms. The molecule has 2 amide bonds. The minimum atomic E-state index is -4.47. The van der Waals surface area contributed by atoms with E-state index >= 15 is 0 Å². The van der Waals surface area contributed by atoms with E-state index in [0.29, 0.717) is 23.8 Å².